The lowest BCUT2D eigenvalue weighted by molar-refractivity contribution is 0.447. The van der Waals surface area contributed by atoms with E-state index in [2.05, 4.69) is 10.2 Å². The number of hydrogen-bond donors (Lipinski definition) is 3. The summed E-state index contributed by atoms with van der Waals surface area (Å²) in [5.41, 5.74) is 16.9. The van der Waals surface area contributed by atoms with Gasteiger partial charge in [0, 0.05) is 41.8 Å². The lowest BCUT2D eigenvalue weighted by atomic mass is 10.0. The van der Waals surface area contributed by atoms with E-state index in [0.29, 0.717) is 23.2 Å². The molecule has 0 bridgehead atoms. The molecule has 4 rings (SSSR count). The minimum Gasteiger partial charge on any atom is -0.398 e. The normalized spacial score (nSPS) is 18.4. The van der Waals surface area contributed by atoms with Crippen LogP contribution < -0.4 is 21.7 Å². The Morgan fingerprint density at radius 2 is 1.81 bits per heavy atom. The van der Waals surface area contributed by atoms with E-state index < -0.39 is 0 Å². The molecule has 0 amide bonds. The fourth-order valence-electron chi connectivity index (χ4n) is 4.04. The molecule has 1 fully saturated rings. The van der Waals surface area contributed by atoms with E-state index in [0.717, 1.165) is 49.4 Å². The zero-order chi connectivity index (χ0) is 17.4. The molecule has 1 atom stereocenters. The third-order valence-electron chi connectivity index (χ3n) is 5.39. The van der Waals surface area contributed by atoms with E-state index in [4.69, 9.17) is 21.4 Å². The average Bonchev–Trinajstić information content (AvgIpc) is 3.09. The first kappa shape index (κ1) is 21.5. The van der Waals surface area contributed by atoms with Gasteiger partial charge >= 0.3 is 0 Å². The summed E-state index contributed by atoms with van der Waals surface area (Å²) in [5, 5.41) is 3.41. The van der Waals surface area contributed by atoms with Gasteiger partial charge in [-0.1, -0.05) is 6.07 Å². The van der Waals surface area contributed by atoms with E-state index >= 15 is 0 Å². The molecule has 2 aliphatic rings. The molecule has 1 aliphatic heterocycles. The number of nitrogen functional groups attached to an aromatic ring is 2. The van der Waals surface area contributed by atoms with Gasteiger partial charge in [0.1, 0.15) is 5.82 Å². The SMILES string of the molecule is CNC1CCCN(c2nc(-c3c(N)cccc3N)nc3c2CCC3)C1.Cl.Cl. The maximum atomic E-state index is 6.19. The molecule has 2 aromatic rings. The fourth-order valence-corrected chi connectivity index (χ4v) is 4.04. The van der Waals surface area contributed by atoms with Crippen molar-refractivity contribution in [2.45, 2.75) is 38.1 Å². The van der Waals surface area contributed by atoms with Gasteiger partial charge in [0.2, 0.25) is 0 Å². The second-order valence-corrected chi connectivity index (χ2v) is 7.03. The second-order valence-electron chi connectivity index (χ2n) is 7.03. The highest BCUT2D eigenvalue weighted by Crippen LogP contribution is 2.36. The first-order chi connectivity index (χ1) is 12.2. The predicted octanol–water partition coefficient (Wildman–Crippen LogP) is 2.83. The molecular formula is C19H28Cl2N6. The first-order valence-electron chi connectivity index (χ1n) is 9.13. The standard InChI is InChI=1S/C19H26N6.2ClH/c1-22-12-5-4-10-25(11-12)19-13-6-2-9-16(13)23-18(24-19)17-14(20)7-3-8-15(17)21;;/h3,7-8,12,22H,2,4-6,9-11,20-21H2,1H3;2*1H. The van der Waals surface area contributed by atoms with Crippen molar-refractivity contribution in [3.63, 3.8) is 0 Å². The van der Waals surface area contributed by atoms with Crippen molar-refractivity contribution in [2.24, 2.45) is 0 Å². The van der Waals surface area contributed by atoms with E-state index in [1.54, 1.807) is 0 Å². The van der Waals surface area contributed by atoms with Crippen molar-refractivity contribution < 1.29 is 0 Å². The summed E-state index contributed by atoms with van der Waals surface area (Å²) in [4.78, 5) is 12.2. The molecule has 0 radical (unpaired) electrons. The Morgan fingerprint density at radius 1 is 1.07 bits per heavy atom. The van der Waals surface area contributed by atoms with Gasteiger partial charge in [-0.05, 0) is 51.3 Å². The highest BCUT2D eigenvalue weighted by molar-refractivity contribution is 5.86. The highest BCUT2D eigenvalue weighted by Gasteiger charge is 2.27. The van der Waals surface area contributed by atoms with Crippen LogP contribution in [0, 0.1) is 0 Å². The van der Waals surface area contributed by atoms with Crippen LogP contribution in [0.25, 0.3) is 11.4 Å². The lowest BCUT2D eigenvalue weighted by Gasteiger charge is -2.34. The maximum absolute atomic E-state index is 6.19. The number of benzene rings is 1. The Balaban J connectivity index is 0.00000131. The Kier molecular flexibility index (Phi) is 7.14. The second kappa shape index (κ2) is 8.95. The van der Waals surface area contributed by atoms with Crippen LogP contribution in [0.4, 0.5) is 17.2 Å². The lowest BCUT2D eigenvalue weighted by Crippen LogP contribution is -2.45. The van der Waals surface area contributed by atoms with E-state index in [9.17, 15) is 0 Å². The number of halogens is 2. The zero-order valence-corrected chi connectivity index (χ0v) is 17.2. The minimum atomic E-state index is 0. The van der Waals surface area contributed by atoms with Crippen molar-refractivity contribution in [1.82, 2.24) is 15.3 Å². The monoisotopic (exact) mass is 410 g/mol. The molecule has 6 nitrogen and oxygen atoms in total. The first-order valence-corrected chi connectivity index (χ1v) is 9.13. The number of nitrogens with two attached hydrogens (primary N) is 2. The molecule has 2 heterocycles. The Bertz CT molecular complexity index is 778. The number of rotatable bonds is 3. The number of aryl methyl sites for hydroxylation is 1. The summed E-state index contributed by atoms with van der Waals surface area (Å²) >= 11 is 0. The molecule has 5 N–H and O–H groups in total. The van der Waals surface area contributed by atoms with Crippen molar-refractivity contribution in [1.29, 1.82) is 0 Å². The minimum absolute atomic E-state index is 0. The molecule has 148 valence electrons. The van der Waals surface area contributed by atoms with E-state index in [1.807, 2.05) is 25.2 Å². The number of anilines is 3. The molecule has 0 saturated carbocycles. The van der Waals surface area contributed by atoms with Crippen molar-refractivity contribution in [3.8, 4) is 11.4 Å². The van der Waals surface area contributed by atoms with Crippen LogP contribution in [0.1, 0.15) is 30.5 Å². The number of hydrogen-bond acceptors (Lipinski definition) is 6. The molecular weight excluding hydrogens is 383 g/mol. The quantitative estimate of drug-likeness (QED) is 0.673. The van der Waals surface area contributed by atoms with Gasteiger partial charge < -0.3 is 21.7 Å². The molecule has 1 aromatic carbocycles. The molecule has 1 aromatic heterocycles. The summed E-state index contributed by atoms with van der Waals surface area (Å²) in [6.07, 6.45) is 5.60. The summed E-state index contributed by atoms with van der Waals surface area (Å²) in [7, 11) is 2.04. The largest absolute Gasteiger partial charge is 0.398 e. The van der Waals surface area contributed by atoms with Crippen molar-refractivity contribution >= 4 is 42.0 Å². The molecule has 0 spiro atoms. The number of nitrogens with one attached hydrogen (secondary N) is 1. The van der Waals surface area contributed by atoms with Gasteiger partial charge in [0.25, 0.3) is 0 Å². The average molecular weight is 411 g/mol. The van der Waals surface area contributed by atoms with Gasteiger partial charge in [-0.2, -0.15) is 0 Å². The zero-order valence-electron chi connectivity index (χ0n) is 15.6. The summed E-state index contributed by atoms with van der Waals surface area (Å²) in [6.45, 7) is 2.03. The number of likely N-dealkylation sites (N-methyl/N-ethyl adjacent to an activating group) is 1. The fraction of sp³-hybridized carbons (Fsp3) is 0.474. The maximum Gasteiger partial charge on any atom is 0.165 e. The van der Waals surface area contributed by atoms with Gasteiger partial charge in [0.15, 0.2) is 5.82 Å². The Hall–Kier alpha value is -1.76. The molecule has 27 heavy (non-hydrogen) atoms. The summed E-state index contributed by atoms with van der Waals surface area (Å²) < 4.78 is 0. The van der Waals surface area contributed by atoms with Crippen LogP contribution >= 0.6 is 24.8 Å². The summed E-state index contributed by atoms with van der Waals surface area (Å²) in [6, 6.07) is 6.10. The van der Waals surface area contributed by atoms with E-state index in [1.165, 1.54) is 18.4 Å². The number of nitrogens with zero attached hydrogens (tertiary/aromatic N) is 3. The van der Waals surface area contributed by atoms with Crippen LogP contribution in [-0.2, 0) is 12.8 Å². The van der Waals surface area contributed by atoms with Gasteiger partial charge in [-0.15, -0.1) is 24.8 Å². The molecule has 1 saturated heterocycles. The van der Waals surface area contributed by atoms with Crippen LogP contribution in [0.5, 0.6) is 0 Å². The van der Waals surface area contributed by atoms with Gasteiger partial charge in [0.05, 0.1) is 5.56 Å². The molecule has 1 unspecified atom stereocenters. The topological polar surface area (TPSA) is 93.1 Å². The molecule has 8 heteroatoms. The van der Waals surface area contributed by atoms with E-state index in [-0.39, 0.29) is 24.8 Å². The van der Waals surface area contributed by atoms with Crippen LogP contribution in [0.3, 0.4) is 0 Å². The van der Waals surface area contributed by atoms with Crippen LogP contribution in [0.2, 0.25) is 0 Å². The number of piperidine rings is 1. The third kappa shape index (κ3) is 4.08. The van der Waals surface area contributed by atoms with Crippen molar-refractivity contribution in [3.05, 3.63) is 29.5 Å². The Labute approximate surface area is 172 Å². The van der Waals surface area contributed by atoms with Crippen LogP contribution in [0.15, 0.2) is 18.2 Å². The third-order valence-corrected chi connectivity index (χ3v) is 5.39. The predicted molar refractivity (Wildman–Crippen MR) is 117 cm³/mol. The van der Waals surface area contributed by atoms with Crippen molar-refractivity contribution in [2.75, 3.05) is 36.5 Å². The highest BCUT2D eigenvalue weighted by atomic mass is 35.5. The molecule has 1 aliphatic carbocycles. The number of fused-ring (bicyclic) bond motifs is 1. The van der Waals surface area contributed by atoms with Crippen LogP contribution in [-0.4, -0.2) is 36.1 Å². The van der Waals surface area contributed by atoms with Gasteiger partial charge in [-0.3, -0.25) is 0 Å². The smallest absolute Gasteiger partial charge is 0.165 e. The summed E-state index contributed by atoms with van der Waals surface area (Å²) in [5.74, 6) is 1.75. The number of aromatic nitrogens is 2. The van der Waals surface area contributed by atoms with Gasteiger partial charge in [-0.25, -0.2) is 9.97 Å². The Morgan fingerprint density at radius 3 is 2.52 bits per heavy atom.